The second-order valence-corrected chi connectivity index (χ2v) is 8.98. The number of nitro groups is 1. The molecule has 0 saturated heterocycles. The van der Waals surface area contributed by atoms with E-state index in [4.69, 9.17) is 9.47 Å². The van der Waals surface area contributed by atoms with Gasteiger partial charge in [-0.15, -0.1) is 0 Å². The lowest BCUT2D eigenvalue weighted by Crippen LogP contribution is -2.49. The van der Waals surface area contributed by atoms with E-state index in [-0.39, 0.29) is 31.1 Å². The van der Waals surface area contributed by atoms with Gasteiger partial charge in [0, 0.05) is 18.7 Å². The molecule has 11 heteroatoms. The van der Waals surface area contributed by atoms with E-state index in [1.165, 1.54) is 18.2 Å². The van der Waals surface area contributed by atoms with Gasteiger partial charge in [0.2, 0.25) is 22.7 Å². The van der Waals surface area contributed by atoms with Crippen molar-refractivity contribution >= 4 is 27.3 Å². The Labute approximate surface area is 180 Å². The maximum atomic E-state index is 13.0. The molecule has 2 aromatic rings. The van der Waals surface area contributed by atoms with Crippen molar-refractivity contribution < 1.29 is 27.6 Å². The van der Waals surface area contributed by atoms with Crippen molar-refractivity contribution in [1.29, 1.82) is 0 Å². The molecule has 1 aliphatic heterocycles. The number of non-ortho nitro benzene ring substituents is 1. The lowest BCUT2D eigenvalue weighted by Gasteiger charge is -2.31. The quantitative estimate of drug-likeness (QED) is 0.484. The van der Waals surface area contributed by atoms with E-state index in [9.17, 15) is 23.3 Å². The maximum Gasteiger partial charge on any atom is 0.271 e. The molecule has 31 heavy (non-hydrogen) atoms. The molecule has 0 saturated carbocycles. The van der Waals surface area contributed by atoms with Gasteiger partial charge in [0.1, 0.15) is 6.04 Å². The first-order valence-electron chi connectivity index (χ1n) is 9.52. The molecular weight excluding hydrogens is 426 g/mol. The molecule has 0 aromatic heterocycles. The fourth-order valence-electron chi connectivity index (χ4n) is 3.34. The smallest absolute Gasteiger partial charge is 0.271 e. The summed E-state index contributed by atoms with van der Waals surface area (Å²) in [6.07, 6.45) is 1.14. The molecule has 0 bridgehead atoms. The Morgan fingerprint density at radius 3 is 2.58 bits per heavy atom. The van der Waals surface area contributed by atoms with Crippen molar-refractivity contribution in [1.82, 2.24) is 5.32 Å². The molecule has 1 aliphatic rings. The minimum Gasteiger partial charge on any atom is -0.454 e. The first kappa shape index (κ1) is 22.3. The number of benzene rings is 2. The highest BCUT2D eigenvalue weighted by Gasteiger charge is 2.33. The van der Waals surface area contributed by atoms with Gasteiger partial charge in [0.15, 0.2) is 11.5 Å². The van der Waals surface area contributed by atoms with Crippen molar-refractivity contribution in [3.63, 3.8) is 0 Å². The molecule has 0 spiro atoms. The number of hydrogen-bond acceptors (Lipinski definition) is 7. The van der Waals surface area contributed by atoms with Gasteiger partial charge in [-0.05, 0) is 36.6 Å². The summed E-state index contributed by atoms with van der Waals surface area (Å²) in [6.45, 7) is 3.59. The zero-order chi connectivity index (χ0) is 22.8. The summed E-state index contributed by atoms with van der Waals surface area (Å²) >= 11 is 0. The van der Waals surface area contributed by atoms with Crippen LogP contribution < -0.4 is 19.1 Å². The van der Waals surface area contributed by atoms with Crippen LogP contribution in [0.2, 0.25) is 0 Å². The van der Waals surface area contributed by atoms with Gasteiger partial charge in [-0.3, -0.25) is 19.2 Å². The van der Waals surface area contributed by atoms with E-state index in [0.717, 1.165) is 16.1 Å². The number of carbonyl (C=O) groups excluding carboxylic acids is 1. The number of hydrogen-bond donors (Lipinski definition) is 1. The summed E-state index contributed by atoms with van der Waals surface area (Å²) in [4.78, 5) is 23.5. The third-order valence-electron chi connectivity index (χ3n) is 4.87. The molecule has 0 unspecified atom stereocenters. The number of fused-ring (bicyclic) bond motifs is 1. The number of nitro benzene ring substituents is 1. The minimum atomic E-state index is -3.92. The molecular formula is C20H23N3O7S. The van der Waals surface area contributed by atoms with Crippen molar-refractivity contribution in [2.24, 2.45) is 0 Å². The molecule has 166 valence electrons. The predicted octanol–water partition coefficient (Wildman–Crippen LogP) is 2.49. The number of nitrogens with zero attached hydrogens (tertiary/aromatic N) is 2. The molecule has 3 rings (SSSR count). The predicted molar refractivity (Wildman–Crippen MR) is 114 cm³/mol. The highest BCUT2D eigenvalue weighted by molar-refractivity contribution is 7.92. The zero-order valence-corrected chi connectivity index (χ0v) is 18.1. The van der Waals surface area contributed by atoms with Gasteiger partial charge in [0.25, 0.3) is 5.69 Å². The van der Waals surface area contributed by atoms with Gasteiger partial charge >= 0.3 is 0 Å². The topological polar surface area (TPSA) is 128 Å². The number of nitrogens with one attached hydrogen (secondary N) is 1. The van der Waals surface area contributed by atoms with Gasteiger partial charge in [-0.1, -0.05) is 19.1 Å². The number of sulfonamides is 1. The molecule has 1 heterocycles. The van der Waals surface area contributed by atoms with E-state index in [1.807, 2.05) is 0 Å². The Morgan fingerprint density at radius 2 is 1.94 bits per heavy atom. The van der Waals surface area contributed by atoms with E-state index >= 15 is 0 Å². The average molecular weight is 449 g/mol. The van der Waals surface area contributed by atoms with Crippen molar-refractivity contribution in [2.75, 3.05) is 17.4 Å². The second-order valence-electron chi connectivity index (χ2n) is 7.12. The number of rotatable bonds is 8. The maximum absolute atomic E-state index is 13.0. The largest absolute Gasteiger partial charge is 0.454 e. The summed E-state index contributed by atoms with van der Waals surface area (Å²) in [6, 6.07) is 8.09. The van der Waals surface area contributed by atoms with E-state index in [0.29, 0.717) is 17.1 Å². The van der Waals surface area contributed by atoms with Crippen LogP contribution in [0.25, 0.3) is 0 Å². The van der Waals surface area contributed by atoms with Gasteiger partial charge < -0.3 is 14.8 Å². The number of anilines is 1. The Morgan fingerprint density at radius 1 is 1.23 bits per heavy atom. The summed E-state index contributed by atoms with van der Waals surface area (Å²) in [5.74, 6) is 0.672. The molecule has 10 nitrogen and oxygen atoms in total. The van der Waals surface area contributed by atoms with Crippen LogP contribution in [0.1, 0.15) is 24.5 Å². The third kappa shape index (κ3) is 4.88. The number of ether oxygens (including phenoxy) is 2. The third-order valence-corrected chi connectivity index (χ3v) is 6.04. The second kappa shape index (κ2) is 8.80. The van der Waals surface area contributed by atoms with E-state index < -0.39 is 26.9 Å². The van der Waals surface area contributed by atoms with Crippen LogP contribution in [0.3, 0.4) is 0 Å². The van der Waals surface area contributed by atoms with Crippen molar-refractivity contribution in [3.8, 4) is 11.5 Å². The van der Waals surface area contributed by atoms with E-state index in [2.05, 4.69) is 5.32 Å². The van der Waals surface area contributed by atoms with Crippen LogP contribution in [-0.4, -0.2) is 38.3 Å². The Kier molecular flexibility index (Phi) is 6.34. The highest BCUT2D eigenvalue weighted by Crippen LogP contribution is 2.33. The van der Waals surface area contributed by atoms with Crippen LogP contribution in [0.4, 0.5) is 11.4 Å². The highest BCUT2D eigenvalue weighted by atomic mass is 32.2. The first-order valence-corrected chi connectivity index (χ1v) is 11.4. The lowest BCUT2D eigenvalue weighted by molar-refractivity contribution is -0.384. The van der Waals surface area contributed by atoms with Crippen molar-refractivity contribution in [2.45, 2.75) is 32.9 Å². The molecule has 2 aromatic carbocycles. The molecule has 1 atom stereocenters. The van der Waals surface area contributed by atoms with Gasteiger partial charge in [-0.2, -0.15) is 0 Å². The van der Waals surface area contributed by atoms with Crippen LogP contribution >= 0.6 is 0 Å². The molecule has 1 amide bonds. The standard InChI is InChI=1S/C20H23N3O7S/c1-4-16(20(24)21-11-14-6-8-18-19(9-14)30-12-29-18)22(31(3,27)28)17-10-15(23(25)26)7-5-13(17)2/h5-10,16H,4,11-12H2,1-3H3,(H,21,24)/t16-/m1/s1. The van der Waals surface area contributed by atoms with Crippen LogP contribution in [-0.2, 0) is 21.4 Å². The molecule has 0 radical (unpaired) electrons. The Bertz CT molecular complexity index is 1120. The molecule has 1 N–H and O–H groups in total. The first-order chi connectivity index (χ1) is 14.6. The van der Waals surface area contributed by atoms with Crippen molar-refractivity contribution in [3.05, 3.63) is 57.6 Å². The van der Waals surface area contributed by atoms with Crippen LogP contribution in [0, 0.1) is 17.0 Å². The van der Waals surface area contributed by atoms with Gasteiger partial charge in [0.05, 0.1) is 16.9 Å². The van der Waals surface area contributed by atoms with E-state index in [1.54, 1.807) is 32.0 Å². The van der Waals surface area contributed by atoms with Crippen LogP contribution in [0.15, 0.2) is 36.4 Å². The summed E-state index contributed by atoms with van der Waals surface area (Å²) < 4.78 is 36.8. The van der Waals surface area contributed by atoms with Gasteiger partial charge in [-0.25, -0.2) is 8.42 Å². The molecule has 0 aliphatic carbocycles. The summed E-state index contributed by atoms with van der Waals surface area (Å²) in [7, 11) is -3.92. The molecule has 0 fully saturated rings. The number of carbonyl (C=O) groups is 1. The monoisotopic (exact) mass is 449 g/mol. The Balaban J connectivity index is 1.87. The van der Waals surface area contributed by atoms with Crippen LogP contribution in [0.5, 0.6) is 11.5 Å². The zero-order valence-electron chi connectivity index (χ0n) is 17.3. The minimum absolute atomic E-state index is 0.0989. The summed E-state index contributed by atoms with van der Waals surface area (Å²) in [5.41, 5.74) is 1.09. The summed E-state index contributed by atoms with van der Waals surface area (Å²) in [5, 5.41) is 13.9. The Hall–Kier alpha value is -3.34. The number of aryl methyl sites for hydroxylation is 1. The normalized spacial score (nSPS) is 13.5. The fraction of sp³-hybridized carbons (Fsp3) is 0.350. The lowest BCUT2D eigenvalue weighted by atomic mass is 10.1. The average Bonchev–Trinajstić information content (AvgIpc) is 3.17. The fourth-order valence-corrected chi connectivity index (χ4v) is 4.60. The SMILES string of the molecule is CC[C@H](C(=O)NCc1ccc2c(c1)OCO2)N(c1cc([N+](=O)[O-])ccc1C)S(C)(=O)=O. The number of amides is 1.